The van der Waals surface area contributed by atoms with Gasteiger partial charge >= 0.3 is 5.69 Å². The number of halogens is 2. The zero-order valence-corrected chi connectivity index (χ0v) is 34.9. The van der Waals surface area contributed by atoms with Crippen LogP contribution in [0.25, 0.3) is 16.7 Å². The minimum Gasteiger partial charge on any atom is -0.374 e. The van der Waals surface area contributed by atoms with Crippen molar-refractivity contribution in [2.75, 3.05) is 43.0 Å². The molecular weight excluding hydrogens is 801 g/mol. The number of alkyl halides is 2. The first-order valence-electron chi connectivity index (χ1n) is 22.2. The van der Waals surface area contributed by atoms with Crippen LogP contribution in [0.1, 0.15) is 111 Å². The molecular formula is C44H53F2N11O5. The van der Waals surface area contributed by atoms with Crippen LogP contribution in [-0.4, -0.2) is 101 Å². The van der Waals surface area contributed by atoms with E-state index < -0.39 is 30.0 Å². The van der Waals surface area contributed by atoms with Gasteiger partial charge < -0.3 is 19.9 Å². The number of piperidine rings is 2. The molecule has 3 atom stereocenters. The number of hydrogen-bond donors (Lipinski definition) is 2. The number of nitrogens with one attached hydrogen (secondary N) is 2. The second kappa shape index (κ2) is 16.7. The maximum atomic E-state index is 14.3. The number of benzene rings is 1. The summed E-state index contributed by atoms with van der Waals surface area (Å²) in [5, 5.41) is 13.7. The third kappa shape index (κ3) is 7.69. The molecule has 5 fully saturated rings. The van der Waals surface area contributed by atoms with Crippen LogP contribution in [0.15, 0.2) is 47.7 Å². The molecule has 4 aromatic heterocycles. The number of imidazole rings is 1. The number of para-hydroxylation sites is 1. The van der Waals surface area contributed by atoms with Gasteiger partial charge in [-0.25, -0.2) is 23.1 Å². The number of aryl methyl sites for hydroxylation is 2. The van der Waals surface area contributed by atoms with E-state index in [1.807, 2.05) is 18.2 Å². The van der Waals surface area contributed by atoms with Crippen LogP contribution < -0.4 is 21.2 Å². The fourth-order valence-electron chi connectivity index (χ4n) is 10.8. The molecule has 4 aliphatic heterocycles. The topological polar surface area (TPSA) is 166 Å². The number of aromatic nitrogens is 7. The first-order valence-corrected chi connectivity index (χ1v) is 22.2. The van der Waals surface area contributed by atoms with Gasteiger partial charge in [-0.3, -0.25) is 33.5 Å². The Labute approximate surface area is 356 Å². The Morgan fingerprint density at radius 2 is 1.84 bits per heavy atom. The van der Waals surface area contributed by atoms with Gasteiger partial charge in [0.2, 0.25) is 11.8 Å². The zero-order valence-electron chi connectivity index (χ0n) is 34.9. The van der Waals surface area contributed by atoms with Crippen LogP contribution >= 0.6 is 0 Å². The van der Waals surface area contributed by atoms with Crippen molar-refractivity contribution < 1.29 is 27.9 Å². The van der Waals surface area contributed by atoms with Crippen molar-refractivity contribution in [3.63, 3.8) is 0 Å². The lowest BCUT2D eigenvalue weighted by Crippen LogP contribution is -2.44. The normalized spacial score (nSPS) is 24.8. The van der Waals surface area contributed by atoms with Crippen LogP contribution in [0, 0.1) is 11.8 Å². The number of fused-ring (bicyclic) bond motifs is 4. The molecule has 0 spiro atoms. The Kier molecular flexibility index (Phi) is 10.9. The summed E-state index contributed by atoms with van der Waals surface area (Å²) in [6.45, 7) is 4.53. The van der Waals surface area contributed by atoms with Crippen LogP contribution in [0.4, 0.5) is 20.3 Å². The van der Waals surface area contributed by atoms with Crippen molar-refractivity contribution >= 4 is 45.9 Å². The van der Waals surface area contributed by atoms with E-state index in [-0.39, 0.29) is 47.5 Å². The molecule has 0 radical (unpaired) electrons. The molecule has 1 unspecified atom stereocenters. The van der Waals surface area contributed by atoms with Gasteiger partial charge in [-0.1, -0.05) is 18.6 Å². The van der Waals surface area contributed by atoms with Crippen molar-refractivity contribution in [2.45, 2.75) is 108 Å². The summed E-state index contributed by atoms with van der Waals surface area (Å²) in [5.74, 6) is 0.618. The molecule has 1 aromatic carbocycles. The number of imide groups is 1. The van der Waals surface area contributed by atoms with Crippen LogP contribution in [0.3, 0.4) is 0 Å². The van der Waals surface area contributed by atoms with E-state index in [1.54, 1.807) is 33.3 Å². The van der Waals surface area contributed by atoms with Gasteiger partial charge in [-0.15, -0.1) is 0 Å². The fourth-order valence-corrected chi connectivity index (χ4v) is 10.8. The Hall–Kier alpha value is -5.49. The van der Waals surface area contributed by atoms with Crippen molar-refractivity contribution in [2.24, 2.45) is 18.9 Å². The van der Waals surface area contributed by atoms with Crippen molar-refractivity contribution in [3.8, 4) is 0 Å². The van der Waals surface area contributed by atoms with Gasteiger partial charge in [0.25, 0.3) is 12.3 Å². The molecule has 10 rings (SSSR count). The third-order valence-corrected chi connectivity index (χ3v) is 14.2. The van der Waals surface area contributed by atoms with E-state index in [1.165, 1.54) is 10.7 Å². The van der Waals surface area contributed by atoms with Crippen molar-refractivity contribution in [3.05, 3.63) is 70.2 Å². The summed E-state index contributed by atoms with van der Waals surface area (Å²) in [4.78, 5) is 60.8. The zero-order chi connectivity index (χ0) is 42.6. The average Bonchev–Trinajstić information content (AvgIpc) is 4.12. The molecule has 2 bridgehead atoms. The molecule has 328 valence electrons. The number of likely N-dealkylation sites (tertiary alicyclic amines) is 1. The van der Waals surface area contributed by atoms with E-state index in [2.05, 4.69) is 36.7 Å². The highest BCUT2D eigenvalue weighted by molar-refractivity contribution is 6.08. The molecule has 1 aliphatic carbocycles. The molecule has 16 nitrogen and oxygen atoms in total. The smallest absolute Gasteiger partial charge is 0.329 e. The summed E-state index contributed by atoms with van der Waals surface area (Å²) < 4.78 is 40.7. The quantitative estimate of drug-likeness (QED) is 0.160. The summed E-state index contributed by atoms with van der Waals surface area (Å²) in [6, 6.07) is 7.30. The van der Waals surface area contributed by atoms with E-state index in [0.29, 0.717) is 30.5 Å². The first kappa shape index (κ1) is 40.6. The molecule has 1 saturated carbocycles. The highest BCUT2D eigenvalue weighted by Gasteiger charge is 2.40. The summed E-state index contributed by atoms with van der Waals surface area (Å²) in [6.07, 6.45) is 12.4. The molecule has 8 heterocycles. The SMILES string of the molecule is Cn1c(=O)n(C2CCC(=O)NC2=O)c2cccc(CCCC3CCN(C[C@H]4CC[C@H](n5cc(NC(=O)c6cnn7ccc(N8C[C@H]9C[C@@H]8CO9)nc67)c(C(F)F)n5)CC4)CC3)c21. The number of amides is 3. The van der Waals surface area contributed by atoms with Crippen LogP contribution in [0.2, 0.25) is 0 Å². The molecule has 5 aliphatic rings. The molecule has 2 N–H and O–H groups in total. The Morgan fingerprint density at radius 1 is 1.02 bits per heavy atom. The summed E-state index contributed by atoms with van der Waals surface area (Å²) in [7, 11) is 1.75. The lowest BCUT2D eigenvalue weighted by atomic mass is 9.84. The predicted molar refractivity (Wildman–Crippen MR) is 225 cm³/mol. The number of morpholine rings is 1. The summed E-state index contributed by atoms with van der Waals surface area (Å²) >= 11 is 0. The second-order valence-electron chi connectivity index (χ2n) is 18.0. The molecule has 18 heteroatoms. The summed E-state index contributed by atoms with van der Waals surface area (Å²) in [5.41, 5.74) is 2.57. The van der Waals surface area contributed by atoms with Gasteiger partial charge in [-0.05, 0) is 107 Å². The Morgan fingerprint density at radius 3 is 2.58 bits per heavy atom. The van der Waals surface area contributed by atoms with Gasteiger partial charge in [0, 0.05) is 39.0 Å². The van der Waals surface area contributed by atoms with Crippen LogP contribution in [-0.2, 0) is 27.8 Å². The van der Waals surface area contributed by atoms with Gasteiger partial charge in [0.1, 0.15) is 17.4 Å². The van der Waals surface area contributed by atoms with Gasteiger partial charge in [0.05, 0.1) is 47.7 Å². The Balaban J connectivity index is 0.699. The lowest BCUT2D eigenvalue weighted by molar-refractivity contribution is -0.135. The minimum atomic E-state index is -2.85. The Bertz CT molecular complexity index is 2570. The van der Waals surface area contributed by atoms with Gasteiger partial charge in [0.15, 0.2) is 11.3 Å². The van der Waals surface area contributed by atoms with Crippen LogP contribution in [0.5, 0.6) is 0 Å². The maximum absolute atomic E-state index is 14.3. The average molecular weight is 854 g/mol. The highest BCUT2D eigenvalue weighted by Crippen LogP contribution is 2.37. The molecule has 4 saturated heterocycles. The van der Waals surface area contributed by atoms with E-state index in [4.69, 9.17) is 9.72 Å². The number of hydrogen-bond acceptors (Lipinski definition) is 10. The number of rotatable bonds is 12. The van der Waals surface area contributed by atoms with Crippen molar-refractivity contribution in [1.82, 2.24) is 43.7 Å². The number of ether oxygens (including phenoxy) is 1. The number of carbonyl (C=O) groups excluding carboxylic acids is 3. The fraction of sp³-hybridized carbons (Fsp3) is 0.568. The number of anilines is 2. The predicted octanol–water partition coefficient (Wildman–Crippen LogP) is 5.19. The first-order chi connectivity index (χ1) is 30.1. The minimum absolute atomic E-state index is 0.00559. The highest BCUT2D eigenvalue weighted by atomic mass is 19.3. The number of carbonyl (C=O) groups is 3. The van der Waals surface area contributed by atoms with E-state index in [0.717, 1.165) is 113 Å². The van der Waals surface area contributed by atoms with E-state index in [9.17, 15) is 28.0 Å². The second-order valence-corrected chi connectivity index (χ2v) is 18.0. The van der Waals surface area contributed by atoms with E-state index >= 15 is 0 Å². The molecule has 3 amide bonds. The monoisotopic (exact) mass is 853 g/mol. The van der Waals surface area contributed by atoms with Gasteiger partial charge in [-0.2, -0.15) is 10.2 Å². The largest absolute Gasteiger partial charge is 0.374 e. The molecule has 62 heavy (non-hydrogen) atoms. The lowest BCUT2D eigenvalue weighted by Gasteiger charge is -2.36. The molecule has 5 aromatic rings. The maximum Gasteiger partial charge on any atom is 0.329 e. The third-order valence-electron chi connectivity index (χ3n) is 14.2. The standard InChI is InChI=1S/C44H53F2N11O5/c1-52-39-28(6-3-7-34(39)57(44(52)61)35-12-13-37(58)50-43(35)60)5-2-4-26-14-17-53(18-15-26)22-27-8-10-29(11-9-27)56-24-33(38(51-56)40(45)46)48-42(59)32-21-47-55-19-16-36(49-41(32)55)54-23-31-20-30(54)25-62-31/h3,6-7,16,19,21,24,26-27,29-31,35,40H,2,4-5,8-15,17-18,20,22-23,25H2,1H3,(H,48,59)(H,50,58,60)/t27-,29-,30-,31-,35?/m1/s1. The number of nitrogens with zero attached hydrogens (tertiary/aromatic N) is 9. The van der Waals surface area contributed by atoms with Crippen molar-refractivity contribution in [1.29, 1.82) is 0 Å².